The Morgan fingerprint density at radius 2 is 1.68 bits per heavy atom. The molecular formula is C17H18N2. The molecule has 4 rings (SSSR count). The Balaban J connectivity index is 1.72. The summed E-state index contributed by atoms with van der Waals surface area (Å²) in [5.41, 5.74) is 7.20. The quantitative estimate of drug-likeness (QED) is 0.832. The molecule has 0 saturated carbocycles. The van der Waals surface area contributed by atoms with Crippen molar-refractivity contribution in [2.24, 2.45) is 0 Å². The minimum Gasteiger partial charge on any atom is -0.385 e. The lowest BCUT2D eigenvalue weighted by Gasteiger charge is -2.26. The van der Waals surface area contributed by atoms with Crippen LogP contribution in [-0.4, -0.2) is 6.54 Å². The Hall–Kier alpha value is -1.96. The van der Waals surface area contributed by atoms with Crippen molar-refractivity contribution < 1.29 is 0 Å². The summed E-state index contributed by atoms with van der Waals surface area (Å²) in [6.45, 7) is 3.20. The van der Waals surface area contributed by atoms with Gasteiger partial charge in [-0.3, -0.25) is 0 Å². The number of fused-ring (bicyclic) bond motifs is 2. The SMILES string of the molecule is c1ccc2c(c1)CN(c1cccc3c1CCCN3)C2. The summed E-state index contributed by atoms with van der Waals surface area (Å²) in [4.78, 5) is 2.51. The molecule has 2 heteroatoms. The van der Waals surface area contributed by atoms with Crippen LogP contribution < -0.4 is 10.2 Å². The predicted octanol–water partition coefficient (Wildman–Crippen LogP) is 3.56. The molecule has 19 heavy (non-hydrogen) atoms. The Bertz CT molecular complexity index is 593. The van der Waals surface area contributed by atoms with Gasteiger partial charge in [0.2, 0.25) is 0 Å². The first-order chi connectivity index (χ1) is 9.42. The normalized spacial score (nSPS) is 16.7. The summed E-state index contributed by atoms with van der Waals surface area (Å²) in [6.07, 6.45) is 2.44. The Morgan fingerprint density at radius 3 is 2.47 bits per heavy atom. The van der Waals surface area contributed by atoms with Crippen LogP contribution in [-0.2, 0) is 19.5 Å². The molecule has 0 aromatic heterocycles. The van der Waals surface area contributed by atoms with Gasteiger partial charge in [-0.15, -0.1) is 0 Å². The van der Waals surface area contributed by atoms with Crippen LogP contribution in [0.2, 0.25) is 0 Å². The molecule has 2 heterocycles. The second-order valence-electron chi connectivity index (χ2n) is 5.46. The van der Waals surface area contributed by atoms with Crippen molar-refractivity contribution in [2.75, 3.05) is 16.8 Å². The molecule has 0 atom stereocenters. The van der Waals surface area contributed by atoms with E-state index in [2.05, 4.69) is 52.7 Å². The van der Waals surface area contributed by atoms with Crippen molar-refractivity contribution in [3.05, 3.63) is 59.2 Å². The lowest BCUT2D eigenvalue weighted by Crippen LogP contribution is -2.20. The molecule has 2 aromatic carbocycles. The fourth-order valence-electron chi connectivity index (χ4n) is 3.29. The lowest BCUT2D eigenvalue weighted by atomic mass is 10.0. The molecule has 2 aliphatic heterocycles. The van der Waals surface area contributed by atoms with E-state index in [9.17, 15) is 0 Å². The molecule has 0 saturated heterocycles. The maximum atomic E-state index is 3.52. The van der Waals surface area contributed by atoms with Crippen molar-refractivity contribution in [1.29, 1.82) is 0 Å². The Kier molecular flexibility index (Phi) is 2.47. The van der Waals surface area contributed by atoms with Crippen LogP contribution in [0.1, 0.15) is 23.1 Å². The van der Waals surface area contributed by atoms with E-state index in [1.807, 2.05) is 0 Å². The standard InChI is InChI=1S/C17H18N2/c1-2-6-14-12-19(11-13(14)5-1)17-9-3-8-16-15(17)7-4-10-18-16/h1-3,5-6,8-9,18H,4,7,10-12H2. The van der Waals surface area contributed by atoms with Gasteiger partial charge in [-0.25, -0.2) is 0 Å². The predicted molar refractivity (Wildman–Crippen MR) is 79.6 cm³/mol. The summed E-state index contributed by atoms with van der Waals surface area (Å²) in [7, 11) is 0. The van der Waals surface area contributed by atoms with Gasteiger partial charge in [0.1, 0.15) is 0 Å². The number of hydrogen-bond acceptors (Lipinski definition) is 2. The molecule has 0 bridgehead atoms. The van der Waals surface area contributed by atoms with Gasteiger partial charge in [0.25, 0.3) is 0 Å². The number of hydrogen-bond donors (Lipinski definition) is 1. The third-order valence-corrected chi connectivity index (χ3v) is 4.25. The van der Waals surface area contributed by atoms with E-state index in [0.29, 0.717) is 0 Å². The minimum atomic E-state index is 1.05. The first-order valence-electron chi connectivity index (χ1n) is 7.09. The summed E-state index contributed by atoms with van der Waals surface area (Å²) in [6, 6.07) is 15.5. The van der Waals surface area contributed by atoms with Gasteiger partial charge in [-0.05, 0) is 41.7 Å². The maximum absolute atomic E-state index is 3.52. The first-order valence-corrected chi connectivity index (χ1v) is 7.09. The molecule has 0 fully saturated rings. The van der Waals surface area contributed by atoms with Crippen LogP contribution >= 0.6 is 0 Å². The molecule has 0 amide bonds. The molecule has 2 aliphatic rings. The van der Waals surface area contributed by atoms with Gasteiger partial charge >= 0.3 is 0 Å². The van der Waals surface area contributed by atoms with E-state index in [1.54, 1.807) is 0 Å². The van der Waals surface area contributed by atoms with Crippen LogP contribution in [0.5, 0.6) is 0 Å². The van der Waals surface area contributed by atoms with E-state index in [1.165, 1.54) is 40.9 Å². The average molecular weight is 250 g/mol. The van der Waals surface area contributed by atoms with Gasteiger partial charge in [-0.2, -0.15) is 0 Å². The summed E-state index contributed by atoms with van der Waals surface area (Å²) in [5.74, 6) is 0. The monoisotopic (exact) mass is 250 g/mol. The number of nitrogens with zero attached hydrogens (tertiary/aromatic N) is 1. The average Bonchev–Trinajstić information content (AvgIpc) is 2.90. The highest BCUT2D eigenvalue weighted by Crippen LogP contribution is 2.35. The highest BCUT2D eigenvalue weighted by atomic mass is 15.1. The van der Waals surface area contributed by atoms with Gasteiger partial charge in [0, 0.05) is 31.0 Å². The van der Waals surface area contributed by atoms with E-state index in [4.69, 9.17) is 0 Å². The number of anilines is 2. The van der Waals surface area contributed by atoms with Crippen LogP contribution in [0.25, 0.3) is 0 Å². The van der Waals surface area contributed by atoms with Gasteiger partial charge in [-0.1, -0.05) is 30.3 Å². The largest absolute Gasteiger partial charge is 0.385 e. The molecule has 2 nitrogen and oxygen atoms in total. The zero-order valence-electron chi connectivity index (χ0n) is 11.0. The van der Waals surface area contributed by atoms with Gasteiger partial charge < -0.3 is 10.2 Å². The molecular weight excluding hydrogens is 232 g/mol. The van der Waals surface area contributed by atoms with E-state index in [0.717, 1.165) is 19.6 Å². The third kappa shape index (κ3) is 1.79. The lowest BCUT2D eigenvalue weighted by molar-refractivity contribution is 0.806. The van der Waals surface area contributed by atoms with E-state index in [-0.39, 0.29) is 0 Å². The van der Waals surface area contributed by atoms with Crippen LogP contribution in [0.4, 0.5) is 11.4 Å². The first kappa shape index (κ1) is 10.9. The Morgan fingerprint density at radius 1 is 0.895 bits per heavy atom. The fourth-order valence-corrected chi connectivity index (χ4v) is 3.29. The molecule has 2 aromatic rings. The summed E-state index contributed by atoms with van der Waals surface area (Å²) in [5, 5.41) is 3.52. The van der Waals surface area contributed by atoms with Gasteiger partial charge in [0.15, 0.2) is 0 Å². The van der Waals surface area contributed by atoms with E-state index >= 15 is 0 Å². The van der Waals surface area contributed by atoms with Crippen molar-refractivity contribution in [3.8, 4) is 0 Å². The van der Waals surface area contributed by atoms with E-state index < -0.39 is 0 Å². The molecule has 0 unspecified atom stereocenters. The van der Waals surface area contributed by atoms with Crippen molar-refractivity contribution in [2.45, 2.75) is 25.9 Å². The van der Waals surface area contributed by atoms with Crippen molar-refractivity contribution in [3.63, 3.8) is 0 Å². The second-order valence-corrected chi connectivity index (χ2v) is 5.46. The second kappa shape index (κ2) is 4.30. The van der Waals surface area contributed by atoms with Crippen molar-refractivity contribution in [1.82, 2.24) is 0 Å². The fraction of sp³-hybridized carbons (Fsp3) is 0.294. The topological polar surface area (TPSA) is 15.3 Å². The summed E-state index contributed by atoms with van der Waals surface area (Å²) < 4.78 is 0. The molecule has 96 valence electrons. The molecule has 0 radical (unpaired) electrons. The third-order valence-electron chi connectivity index (χ3n) is 4.25. The number of benzene rings is 2. The molecule has 0 spiro atoms. The van der Waals surface area contributed by atoms with Crippen LogP contribution in [0.3, 0.4) is 0 Å². The van der Waals surface area contributed by atoms with Gasteiger partial charge in [0.05, 0.1) is 0 Å². The highest BCUT2D eigenvalue weighted by molar-refractivity contribution is 5.69. The zero-order valence-corrected chi connectivity index (χ0v) is 11.0. The number of rotatable bonds is 1. The highest BCUT2D eigenvalue weighted by Gasteiger charge is 2.22. The van der Waals surface area contributed by atoms with Crippen LogP contribution in [0, 0.1) is 0 Å². The smallest absolute Gasteiger partial charge is 0.0436 e. The summed E-state index contributed by atoms with van der Waals surface area (Å²) >= 11 is 0. The maximum Gasteiger partial charge on any atom is 0.0436 e. The Labute approximate surface area is 114 Å². The minimum absolute atomic E-state index is 1.05. The molecule has 1 N–H and O–H groups in total. The molecule has 0 aliphatic carbocycles. The van der Waals surface area contributed by atoms with Crippen molar-refractivity contribution >= 4 is 11.4 Å². The zero-order chi connectivity index (χ0) is 12.7. The number of nitrogens with one attached hydrogen (secondary N) is 1. The van der Waals surface area contributed by atoms with Crippen LogP contribution in [0.15, 0.2) is 42.5 Å².